The molecule has 3 rings (SSSR count). The molecule has 0 aromatic heterocycles. The molecular formula is C12H13NO3. The SMILES string of the molecule is O=C1NCC(c2ccc3c(c2)CCOC3)O1. The third kappa shape index (κ3) is 1.65. The van der Waals surface area contributed by atoms with Crippen molar-refractivity contribution in [2.75, 3.05) is 13.2 Å². The van der Waals surface area contributed by atoms with E-state index in [1.54, 1.807) is 0 Å². The van der Waals surface area contributed by atoms with Crippen molar-refractivity contribution < 1.29 is 14.3 Å². The number of alkyl carbamates (subject to hydrolysis) is 1. The summed E-state index contributed by atoms with van der Waals surface area (Å²) in [4.78, 5) is 11.0. The molecule has 0 saturated carbocycles. The highest BCUT2D eigenvalue weighted by atomic mass is 16.6. The molecule has 0 aliphatic carbocycles. The minimum atomic E-state index is -0.328. The summed E-state index contributed by atoms with van der Waals surface area (Å²) in [6.45, 7) is 2.03. The summed E-state index contributed by atoms with van der Waals surface area (Å²) < 4.78 is 10.5. The summed E-state index contributed by atoms with van der Waals surface area (Å²) in [7, 11) is 0. The number of cyclic esters (lactones) is 1. The fraction of sp³-hybridized carbons (Fsp3) is 0.417. The fourth-order valence-electron chi connectivity index (χ4n) is 2.16. The summed E-state index contributed by atoms with van der Waals surface area (Å²) in [6.07, 6.45) is 0.476. The van der Waals surface area contributed by atoms with Gasteiger partial charge in [0.2, 0.25) is 0 Å². The van der Waals surface area contributed by atoms with Gasteiger partial charge in [0.25, 0.3) is 0 Å². The van der Waals surface area contributed by atoms with E-state index < -0.39 is 0 Å². The summed E-state index contributed by atoms with van der Waals surface area (Å²) in [6, 6.07) is 6.21. The Balaban J connectivity index is 1.88. The lowest BCUT2D eigenvalue weighted by atomic mass is 9.98. The van der Waals surface area contributed by atoms with Crippen LogP contribution in [0, 0.1) is 0 Å². The molecule has 2 aliphatic rings. The highest BCUT2D eigenvalue weighted by molar-refractivity contribution is 5.69. The molecule has 1 saturated heterocycles. The van der Waals surface area contributed by atoms with E-state index in [9.17, 15) is 4.79 Å². The van der Waals surface area contributed by atoms with Gasteiger partial charge in [0.15, 0.2) is 0 Å². The van der Waals surface area contributed by atoms with Gasteiger partial charge < -0.3 is 14.8 Å². The molecule has 1 atom stereocenters. The Bertz CT molecular complexity index is 430. The Morgan fingerprint density at radius 1 is 1.31 bits per heavy atom. The number of hydrogen-bond donors (Lipinski definition) is 1. The normalized spacial score (nSPS) is 23.5. The van der Waals surface area contributed by atoms with Gasteiger partial charge in [0.1, 0.15) is 6.10 Å². The van der Waals surface area contributed by atoms with Crippen LogP contribution in [0.3, 0.4) is 0 Å². The van der Waals surface area contributed by atoms with Crippen LogP contribution in [0.1, 0.15) is 22.8 Å². The number of rotatable bonds is 1. The Morgan fingerprint density at radius 2 is 2.25 bits per heavy atom. The number of hydrogen-bond acceptors (Lipinski definition) is 3. The van der Waals surface area contributed by atoms with Crippen molar-refractivity contribution in [3.8, 4) is 0 Å². The van der Waals surface area contributed by atoms with Crippen molar-refractivity contribution in [3.63, 3.8) is 0 Å². The first-order valence-corrected chi connectivity index (χ1v) is 5.47. The average Bonchev–Trinajstić information content (AvgIpc) is 2.75. The van der Waals surface area contributed by atoms with E-state index in [1.807, 2.05) is 6.07 Å². The van der Waals surface area contributed by atoms with Crippen molar-refractivity contribution >= 4 is 6.09 Å². The molecule has 4 nitrogen and oxygen atoms in total. The predicted octanol–water partition coefficient (Wildman–Crippen LogP) is 1.54. The third-order valence-corrected chi connectivity index (χ3v) is 3.06. The molecule has 0 radical (unpaired) electrons. The van der Waals surface area contributed by atoms with Crippen molar-refractivity contribution in [1.29, 1.82) is 0 Å². The number of carbonyl (C=O) groups excluding carboxylic acids is 1. The minimum Gasteiger partial charge on any atom is -0.439 e. The quantitative estimate of drug-likeness (QED) is 0.779. The van der Waals surface area contributed by atoms with Gasteiger partial charge in [-0.3, -0.25) is 0 Å². The van der Waals surface area contributed by atoms with E-state index in [2.05, 4.69) is 17.4 Å². The maximum atomic E-state index is 11.0. The van der Waals surface area contributed by atoms with E-state index in [4.69, 9.17) is 9.47 Å². The number of ether oxygens (including phenoxy) is 2. The highest BCUT2D eigenvalue weighted by Crippen LogP contribution is 2.25. The fourth-order valence-corrected chi connectivity index (χ4v) is 2.16. The van der Waals surface area contributed by atoms with Crippen LogP contribution in [0.15, 0.2) is 18.2 Å². The Hall–Kier alpha value is -1.55. The molecule has 1 fully saturated rings. The Kier molecular flexibility index (Phi) is 2.29. The topological polar surface area (TPSA) is 47.6 Å². The van der Waals surface area contributed by atoms with Crippen LogP contribution in [0.5, 0.6) is 0 Å². The molecule has 2 heterocycles. The monoisotopic (exact) mass is 219 g/mol. The summed E-state index contributed by atoms with van der Waals surface area (Å²) in [5.74, 6) is 0. The van der Waals surface area contributed by atoms with Crippen LogP contribution in [-0.4, -0.2) is 19.2 Å². The van der Waals surface area contributed by atoms with Gasteiger partial charge in [-0.15, -0.1) is 0 Å². The van der Waals surface area contributed by atoms with E-state index >= 15 is 0 Å². The summed E-state index contributed by atoms with van der Waals surface area (Å²) in [5, 5.41) is 2.66. The highest BCUT2D eigenvalue weighted by Gasteiger charge is 2.24. The van der Waals surface area contributed by atoms with Gasteiger partial charge in [-0.2, -0.15) is 0 Å². The molecule has 4 heteroatoms. The van der Waals surface area contributed by atoms with E-state index in [0.717, 1.165) is 18.6 Å². The number of amides is 1. The first-order valence-electron chi connectivity index (χ1n) is 5.47. The first kappa shape index (κ1) is 9.66. The first-order chi connectivity index (χ1) is 7.83. The van der Waals surface area contributed by atoms with Gasteiger partial charge in [-0.05, 0) is 23.1 Å². The standard InChI is InChI=1S/C12H13NO3/c14-12-13-6-11(16-12)9-1-2-10-7-15-4-3-8(10)5-9/h1-2,5,11H,3-4,6-7H2,(H,13,14). The molecule has 84 valence electrons. The second-order valence-corrected chi connectivity index (χ2v) is 4.11. The maximum absolute atomic E-state index is 11.0. The van der Waals surface area contributed by atoms with Crippen molar-refractivity contribution in [2.24, 2.45) is 0 Å². The number of fused-ring (bicyclic) bond motifs is 1. The molecule has 1 aromatic rings. The zero-order valence-corrected chi connectivity index (χ0v) is 8.86. The number of nitrogens with one attached hydrogen (secondary N) is 1. The van der Waals surface area contributed by atoms with Gasteiger partial charge in [0.05, 0.1) is 19.8 Å². The van der Waals surface area contributed by atoms with Crippen LogP contribution < -0.4 is 5.32 Å². The molecule has 2 aliphatic heterocycles. The average molecular weight is 219 g/mol. The molecular weight excluding hydrogens is 206 g/mol. The predicted molar refractivity (Wildman–Crippen MR) is 57.0 cm³/mol. The summed E-state index contributed by atoms with van der Waals surface area (Å²) in [5.41, 5.74) is 3.62. The van der Waals surface area contributed by atoms with Crippen LogP contribution in [-0.2, 0) is 22.5 Å². The molecule has 16 heavy (non-hydrogen) atoms. The zero-order chi connectivity index (χ0) is 11.0. The molecule has 1 N–H and O–H groups in total. The van der Waals surface area contributed by atoms with Gasteiger partial charge in [-0.1, -0.05) is 18.2 Å². The van der Waals surface area contributed by atoms with Crippen molar-refractivity contribution in [1.82, 2.24) is 5.32 Å². The zero-order valence-electron chi connectivity index (χ0n) is 8.86. The van der Waals surface area contributed by atoms with Gasteiger partial charge in [0, 0.05) is 0 Å². The van der Waals surface area contributed by atoms with E-state index in [1.165, 1.54) is 11.1 Å². The second kappa shape index (κ2) is 3.79. The second-order valence-electron chi connectivity index (χ2n) is 4.11. The molecule has 1 aromatic carbocycles. The van der Waals surface area contributed by atoms with E-state index in [-0.39, 0.29) is 12.2 Å². The van der Waals surface area contributed by atoms with Crippen LogP contribution in [0.25, 0.3) is 0 Å². The van der Waals surface area contributed by atoms with Crippen molar-refractivity contribution in [2.45, 2.75) is 19.1 Å². The van der Waals surface area contributed by atoms with Crippen LogP contribution in [0.2, 0.25) is 0 Å². The van der Waals surface area contributed by atoms with Crippen molar-refractivity contribution in [3.05, 3.63) is 34.9 Å². The number of carbonyl (C=O) groups is 1. The lowest BCUT2D eigenvalue weighted by molar-refractivity contribution is 0.110. The van der Waals surface area contributed by atoms with E-state index in [0.29, 0.717) is 13.2 Å². The molecule has 0 spiro atoms. The molecule has 1 unspecified atom stereocenters. The number of benzene rings is 1. The summed E-state index contributed by atoms with van der Waals surface area (Å²) >= 11 is 0. The smallest absolute Gasteiger partial charge is 0.407 e. The van der Waals surface area contributed by atoms with Gasteiger partial charge in [-0.25, -0.2) is 4.79 Å². The lowest BCUT2D eigenvalue weighted by Gasteiger charge is -2.18. The third-order valence-electron chi connectivity index (χ3n) is 3.06. The molecule has 1 amide bonds. The van der Waals surface area contributed by atoms with Crippen LogP contribution in [0.4, 0.5) is 4.79 Å². The maximum Gasteiger partial charge on any atom is 0.407 e. The van der Waals surface area contributed by atoms with Gasteiger partial charge >= 0.3 is 6.09 Å². The van der Waals surface area contributed by atoms with Crippen LogP contribution >= 0.6 is 0 Å². The lowest BCUT2D eigenvalue weighted by Crippen LogP contribution is -2.13. The Morgan fingerprint density at radius 3 is 3.06 bits per heavy atom. The minimum absolute atomic E-state index is 0.138. The Labute approximate surface area is 93.5 Å². The molecule has 0 bridgehead atoms. The largest absolute Gasteiger partial charge is 0.439 e.